The van der Waals surface area contributed by atoms with Crippen molar-refractivity contribution in [3.63, 3.8) is 0 Å². The van der Waals surface area contributed by atoms with Crippen molar-refractivity contribution in [2.24, 2.45) is 5.10 Å². The molecule has 0 amide bonds. The van der Waals surface area contributed by atoms with Gasteiger partial charge < -0.3 is 0 Å². The summed E-state index contributed by atoms with van der Waals surface area (Å²) in [4.78, 5) is -0.0617. The minimum atomic E-state index is -4.52. The summed E-state index contributed by atoms with van der Waals surface area (Å²) in [5.41, 5.74) is 1.81. The Kier molecular flexibility index (Phi) is 6.54. The first-order chi connectivity index (χ1) is 11.4. The molecule has 0 spiro atoms. The van der Waals surface area contributed by atoms with Crippen LogP contribution in [0.25, 0.3) is 0 Å². The van der Waals surface area contributed by atoms with E-state index in [4.69, 9.17) is 0 Å². The third-order valence-electron chi connectivity index (χ3n) is 2.95. The van der Waals surface area contributed by atoms with Gasteiger partial charge in [-0.1, -0.05) is 31.4 Å². The zero-order valence-electron chi connectivity index (χ0n) is 12.8. The Labute approximate surface area is 143 Å². The number of hydrogen-bond acceptors (Lipinski definition) is 6. The molecule has 0 saturated heterocycles. The number of halogens is 3. The standard InChI is InChI=1S/C10H9F3N2O2S.C4H6O2S/c11-10(12,13)8-6-9(15-14-8)18(16,17)7-4-2-1-3-5-7;1-3-7(5,6)4-2/h1-5,8,14H,6H2;3-4H,1-2H2. The summed E-state index contributed by atoms with van der Waals surface area (Å²) in [5.74, 6) is 0. The number of hydrogen-bond donors (Lipinski definition) is 1. The van der Waals surface area contributed by atoms with Gasteiger partial charge in [0.15, 0.2) is 14.9 Å². The van der Waals surface area contributed by atoms with Crippen LogP contribution in [0.2, 0.25) is 0 Å². The number of nitrogens with one attached hydrogen (secondary N) is 1. The SMILES string of the molecule is C=CS(=O)(=O)C=C.O=S(=O)(C1=NNC(C(F)(F)F)C1)c1ccccc1. The third kappa shape index (κ3) is 5.71. The monoisotopic (exact) mass is 396 g/mol. The van der Waals surface area contributed by atoms with E-state index in [-0.39, 0.29) is 4.90 Å². The molecule has 1 heterocycles. The molecule has 2 rings (SSSR count). The van der Waals surface area contributed by atoms with Gasteiger partial charge >= 0.3 is 6.18 Å². The van der Waals surface area contributed by atoms with Gasteiger partial charge in [0, 0.05) is 17.2 Å². The molecule has 11 heteroatoms. The molecular weight excluding hydrogens is 381 g/mol. The Morgan fingerprint density at radius 1 is 1.08 bits per heavy atom. The molecule has 0 bridgehead atoms. The highest BCUT2D eigenvalue weighted by molar-refractivity contribution is 8.06. The molecule has 1 aliphatic heterocycles. The summed E-state index contributed by atoms with van der Waals surface area (Å²) in [5, 5.41) is 4.49. The Morgan fingerprint density at radius 3 is 1.96 bits per heavy atom. The lowest BCUT2D eigenvalue weighted by atomic mass is 10.2. The summed E-state index contributed by atoms with van der Waals surface area (Å²) < 4.78 is 81.4. The van der Waals surface area contributed by atoms with Crippen LogP contribution in [0, 0.1) is 0 Å². The van der Waals surface area contributed by atoms with E-state index in [0.29, 0.717) is 0 Å². The number of benzene rings is 1. The molecule has 0 saturated carbocycles. The molecule has 1 aliphatic rings. The Hall–Kier alpha value is -2.14. The summed E-state index contributed by atoms with van der Waals surface area (Å²) in [6.07, 6.45) is -5.20. The second-order valence-electron chi connectivity index (χ2n) is 4.67. The number of rotatable bonds is 3. The molecule has 0 aliphatic carbocycles. The van der Waals surface area contributed by atoms with E-state index in [1.54, 1.807) is 11.5 Å². The maximum Gasteiger partial charge on any atom is 0.410 e. The van der Waals surface area contributed by atoms with Crippen LogP contribution in [0.5, 0.6) is 0 Å². The largest absolute Gasteiger partial charge is 0.410 e. The average molecular weight is 396 g/mol. The summed E-state index contributed by atoms with van der Waals surface area (Å²) in [7, 11) is -7.07. The molecule has 6 nitrogen and oxygen atoms in total. The quantitative estimate of drug-likeness (QED) is 0.847. The maximum absolute atomic E-state index is 12.4. The van der Waals surface area contributed by atoms with Crippen LogP contribution in [0.1, 0.15) is 6.42 Å². The fraction of sp³-hybridized carbons (Fsp3) is 0.214. The van der Waals surface area contributed by atoms with Crippen molar-refractivity contribution in [1.82, 2.24) is 5.43 Å². The van der Waals surface area contributed by atoms with E-state index >= 15 is 0 Å². The Bertz CT molecular complexity index is 847. The van der Waals surface area contributed by atoms with E-state index < -0.39 is 43.4 Å². The fourth-order valence-electron chi connectivity index (χ4n) is 1.58. The summed E-state index contributed by atoms with van der Waals surface area (Å²) in [6.45, 7) is 6.09. The topological polar surface area (TPSA) is 92.7 Å². The predicted molar refractivity (Wildman–Crippen MR) is 88.0 cm³/mol. The second-order valence-corrected chi connectivity index (χ2v) is 8.47. The van der Waals surface area contributed by atoms with Crippen LogP contribution in [-0.2, 0) is 19.7 Å². The fourth-order valence-corrected chi connectivity index (χ4v) is 3.06. The highest BCUT2D eigenvalue weighted by Gasteiger charge is 2.45. The van der Waals surface area contributed by atoms with Crippen LogP contribution >= 0.6 is 0 Å². The molecule has 1 aromatic rings. The number of hydrazone groups is 1. The van der Waals surface area contributed by atoms with Crippen LogP contribution in [-0.4, -0.2) is 34.1 Å². The maximum atomic E-state index is 12.4. The number of alkyl halides is 3. The van der Waals surface area contributed by atoms with Crippen LogP contribution in [0.4, 0.5) is 13.2 Å². The van der Waals surface area contributed by atoms with E-state index in [2.05, 4.69) is 18.3 Å². The lowest BCUT2D eigenvalue weighted by Gasteiger charge is -2.13. The van der Waals surface area contributed by atoms with Crippen molar-refractivity contribution in [1.29, 1.82) is 0 Å². The zero-order chi connectivity index (χ0) is 19.3. The molecular formula is C14H15F3N2O4S2. The van der Waals surface area contributed by atoms with Gasteiger partial charge in [-0.3, -0.25) is 5.43 Å². The first kappa shape index (κ1) is 20.9. The minimum Gasteiger partial charge on any atom is -0.296 e. The molecule has 0 radical (unpaired) electrons. The second kappa shape index (κ2) is 7.83. The van der Waals surface area contributed by atoms with E-state index in [9.17, 15) is 30.0 Å². The van der Waals surface area contributed by atoms with Gasteiger partial charge in [-0.15, -0.1) is 0 Å². The summed E-state index contributed by atoms with van der Waals surface area (Å²) in [6, 6.07) is 5.31. The molecule has 0 fully saturated rings. The van der Waals surface area contributed by atoms with Gasteiger partial charge in [0.2, 0.25) is 9.84 Å². The number of sulfone groups is 2. The van der Waals surface area contributed by atoms with Crippen molar-refractivity contribution < 1.29 is 30.0 Å². The number of nitrogens with zero attached hydrogens (tertiary/aromatic N) is 1. The van der Waals surface area contributed by atoms with Gasteiger partial charge in [0.25, 0.3) is 0 Å². The van der Waals surface area contributed by atoms with Crippen molar-refractivity contribution in [2.75, 3.05) is 0 Å². The molecule has 138 valence electrons. The average Bonchev–Trinajstić information content (AvgIpc) is 3.07. The summed E-state index contributed by atoms with van der Waals surface area (Å²) >= 11 is 0. The smallest absolute Gasteiger partial charge is 0.296 e. The van der Waals surface area contributed by atoms with E-state index in [1.807, 2.05) is 0 Å². The van der Waals surface area contributed by atoms with E-state index in [1.165, 1.54) is 24.3 Å². The zero-order valence-corrected chi connectivity index (χ0v) is 14.4. The van der Waals surface area contributed by atoms with Crippen molar-refractivity contribution >= 4 is 24.7 Å². The van der Waals surface area contributed by atoms with Crippen LogP contribution in [0.3, 0.4) is 0 Å². The van der Waals surface area contributed by atoms with Crippen molar-refractivity contribution in [3.05, 3.63) is 54.3 Å². The molecule has 25 heavy (non-hydrogen) atoms. The Balaban J connectivity index is 0.000000381. The van der Waals surface area contributed by atoms with Gasteiger partial charge in [-0.05, 0) is 12.1 Å². The van der Waals surface area contributed by atoms with Gasteiger partial charge in [-0.25, -0.2) is 16.8 Å². The van der Waals surface area contributed by atoms with Gasteiger partial charge in [0.05, 0.1) is 4.90 Å². The lowest BCUT2D eigenvalue weighted by molar-refractivity contribution is -0.151. The molecule has 1 atom stereocenters. The normalized spacial score (nSPS) is 17.6. The predicted octanol–water partition coefficient (Wildman–Crippen LogP) is 2.39. The van der Waals surface area contributed by atoms with E-state index in [0.717, 1.165) is 10.8 Å². The molecule has 1 aromatic carbocycles. The first-order valence-corrected chi connectivity index (χ1v) is 9.72. The van der Waals surface area contributed by atoms with Crippen LogP contribution < -0.4 is 5.43 Å². The van der Waals surface area contributed by atoms with Gasteiger partial charge in [0.1, 0.15) is 6.04 Å². The Morgan fingerprint density at radius 2 is 1.60 bits per heavy atom. The van der Waals surface area contributed by atoms with Crippen molar-refractivity contribution in [2.45, 2.75) is 23.5 Å². The minimum absolute atomic E-state index is 0.0617. The molecule has 1 unspecified atom stereocenters. The lowest BCUT2D eigenvalue weighted by Crippen LogP contribution is -2.36. The first-order valence-electron chi connectivity index (χ1n) is 6.63. The highest BCUT2D eigenvalue weighted by atomic mass is 32.2. The molecule has 0 aromatic heterocycles. The molecule has 1 N–H and O–H groups in total. The third-order valence-corrected chi connectivity index (χ3v) is 5.65. The van der Waals surface area contributed by atoms with Crippen LogP contribution in [0.15, 0.2) is 64.3 Å². The highest BCUT2D eigenvalue weighted by Crippen LogP contribution is 2.28. The van der Waals surface area contributed by atoms with Gasteiger partial charge in [-0.2, -0.15) is 18.3 Å². The van der Waals surface area contributed by atoms with Crippen molar-refractivity contribution in [3.8, 4) is 0 Å².